The van der Waals surface area contributed by atoms with Crippen molar-refractivity contribution in [3.63, 3.8) is 0 Å². The fourth-order valence-corrected chi connectivity index (χ4v) is 3.61. The molecule has 1 aromatic rings. The molecule has 1 fully saturated rings. The molecule has 0 aromatic carbocycles. The summed E-state index contributed by atoms with van der Waals surface area (Å²) >= 11 is 1.72. The molecule has 96 valence electrons. The number of nitrogens with zero attached hydrogens (tertiary/aromatic N) is 1. The highest BCUT2D eigenvalue weighted by atomic mass is 32.1. The number of aromatic nitrogens is 1. The molecule has 3 nitrogen and oxygen atoms in total. The second-order valence-electron chi connectivity index (χ2n) is 6.30. The molecule has 4 heteroatoms. The van der Waals surface area contributed by atoms with Gasteiger partial charge in [0.15, 0.2) is 0 Å². The molecule has 1 saturated heterocycles. The zero-order valence-electron chi connectivity index (χ0n) is 11.2. The third kappa shape index (κ3) is 3.76. The standard InChI is InChI=1S/C13H23N3S/c1-12(2)7-10(8-13(3,4)16-12)15-9-11-14-5-6-17-11/h5-6,10,15-16H,7-9H2,1-4H3. The Morgan fingerprint density at radius 3 is 2.53 bits per heavy atom. The van der Waals surface area contributed by atoms with Gasteiger partial charge < -0.3 is 10.6 Å². The predicted molar refractivity (Wildman–Crippen MR) is 73.3 cm³/mol. The minimum atomic E-state index is 0.211. The van der Waals surface area contributed by atoms with Crippen molar-refractivity contribution in [1.82, 2.24) is 15.6 Å². The molecule has 0 bridgehead atoms. The van der Waals surface area contributed by atoms with E-state index >= 15 is 0 Å². The Morgan fingerprint density at radius 1 is 1.35 bits per heavy atom. The van der Waals surface area contributed by atoms with Gasteiger partial charge in [0.05, 0.1) is 0 Å². The van der Waals surface area contributed by atoms with Crippen LogP contribution < -0.4 is 10.6 Å². The Kier molecular flexibility index (Phi) is 3.57. The predicted octanol–water partition coefficient (Wildman–Crippen LogP) is 2.54. The molecule has 1 aliphatic rings. The van der Waals surface area contributed by atoms with Crippen LogP contribution in [-0.4, -0.2) is 22.1 Å². The second-order valence-corrected chi connectivity index (χ2v) is 7.28. The minimum absolute atomic E-state index is 0.211. The van der Waals surface area contributed by atoms with E-state index in [-0.39, 0.29) is 11.1 Å². The molecule has 1 aliphatic heterocycles. The monoisotopic (exact) mass is 253 g/mol. The lowest BCUT2D eigenvalue weighted by molar-refractivity contribution is 0.145. The van der Waals surface area contributed by atoms with Crippen LogP contribution in [0.1, 0.15) is 45.5 Å². The smallest absolute Gasteiger partial charge is 0.106 e. The van der Waals surface area contributed by atoms with Crippen LogP contribution in [0, 0.1) is 0 Å². The lowest BCUT2D eigenvalue weighted by atomic mass is 9.79. The molecule has 0 unspecified atom stereocenters. The second kappa shape index (κ2) is 4.67. The van der Waals surface area contributed by atoms with Crippen molar-refractivity contribution in [3.05, 3.63) is 16.6 Å². The van der Waals surface area contributed by atoms with Gasteiger partial charge in [0.2, 0.25) is 0 Å². The molecule has 2 rings (SSSR count). The van der Waals surface area contributed by atoms with Gasteiger partial charge in [-0.2, -0.15) is 0 Å². The Balaban J connectivity index is 1.92. The molecule has 2 heterocycles. The maximum absolute atomic E-state index is 4.31. The van der Waals surface area contributed by atoms with E-state index in [0.717, 1.165) is 6.54 Å². The van der Waals surface area contributed by atoms with Gasteiger partial charge in [-0.15, -0.1) is 11.3 Å². The number of piperidine rings is 1. The average molecular weight is 253 g/mol. The van der Waals surface area contributed by atoms with Crippen LogP contribution in [0.5, 0.6) is 0 Å². The normalized spacial score (nSPS) is 23.8. The molecule has 17 heavy (non-hydrogen) atoms. The van der Waals surface area contributed by atoms with Gasteiger partial charge in [0, 0.05) is 35.2 Å². The van der Waals surface area contributed by atoms with Crippen LogP contribution in [0.25, 0.3) is 0 Å². The summed E-state index contributed by atoms with van der Waals surface area (Å²) in [6.45, 7) is 10.0. The first-order chi connectivity index (χ1) is 7.86. The first-order valence-electron chi connectivity index (χ1n) is 6.27. The Bertz CT molecular complexity index is 341. The highest BCUT2D eigenvalue weighted by Crippen LogP contribution is 2.28. The van der Waals surface area contributed by atoms with E-state index in [1.165, 1.54) is 17.8 Å². The molecule has 0 amide bonds. The van der Waals surface area contributed by atoms with Crippen molar-refractivity contribution in [2.24, 2.45) is 0 Å². The van der Waals surface area contributed by atoms with Gasteiger partial charge in [-0.05, 0) is 40.5 Å². The van der Waals surface area contributed by atoms with Crippen LogP contribution in [0.3, 0.4) is 0 Å². The van der Waals surface area contributed by atoms with Gasteiger partial charge in [0.1, 0.15) is 5.01 Å². The molecule has 0 saturated carbocycles. The van der Waals surface area contributed by atoms with Crippen LogP contribution in [0.2, 0.25) is 0 Å². The van der Waals surface area contributed by atoms with Crippen molar-refractivity contribution in [3.8, 4) is 0 Å². The lowest BCUT2D eigenvalue weighted by Gasteiger charge is -2.46. The van der Waals surface area contributed by atoms with Gasteiger partial charge >= 0.3 is 0 Å². The summed E-state index contributed by atoms with van der Waals surface area (Å²) in [6, 6.07) is 0.574. The molecule has 2 N–H and O–H groups in total. The molecule has 0 spiro atoms. The number of rotatable bonds is 3. The van der Waals surface area contributed by atoms with Crippen molar-refractivity contribution >= 4 is 11.3 Å². The van der Waals surface area contributed by atoms with E-state index in [4.69, 9.17) is 0 Å². The van der Waals surface area contributed by atoms with Gasteiger partial charge in [-0.1, -0.05) is 0 Å². The molecule has 1 aromatic heterocycles. The largest absolute Gasteiger partial charge is 0.308 e. The van der Waals surface area contributed by atoms with Crippen molar-refractivity contribution < 1.29 is 0 Å². The average Bonchev–Trinajstić information content (AvgIpc) is 2.61. The molecule has 0 aliphatic carbocycles. The summed E-state index contributed by atoms with van der Waals surface area (Å²) in [5, 5.41) is 10.6. The van der Waals surface area contributed by atoms with E-state index in [1.54, 1.807) is 11.3 Å². The maximum Gasteiger partial charge on any atom is 0.106 e. The maximum atomic E-state index is 4.31. The SMILES string of the molecule is CC1(C)CC(NCc2nccs2)CC(C)(C)N1. The zero-order chi connectivity index (χ0) is 12.5. The first kappa shape index (κ1) is 13.0. The number of nitrogens with one attached hydrogen (secondary N) is 2. The lowest BCUT2D eigenvalue weighted by Crippen LogP contribution is -2.61. The molecular formula is C13H23N3S. The fourth-order valence-electron chi connectivity index (χ4n) is 3.04. The van der Waals surface area contributed by atoms with Crippen LogP contribution in [-0.2, 0) is 6.54 Å². The van der Waals surface area contributed by atoms with E-state index in [9.17, 15) is 0 Å². The van der Waals surface area contributed by atoms with E-state index in [1.807, 2.05) is 11.6 Å². The summed E-state index contributed by atoms with van der Waals surface area (Å²) in [7, 11) is 0. The van der Waals surface area contributed by atoms with Crippen molar-refractivity contribution in [2.75, 3.05) is 0 Å². The quantitative estimate of drug-likeness (QED) is 0.869. The van der Waals surface area contributed by atoms with Gasteiger partial charge in [-0.3, -0.25) is 0 Å². The van der Waals surface area contributed by atoms with Gasteiger partial charge in [0.25, 0.3) is 0 Å². The molecule has 0 atom stereocenters. The number of hydrogen-bond acceptors (Lipinski definition) is 4. The highest BCUT2D eigenvalue weighted by molar-refractivity contribution is 7.09. The Labute approximate surface area is 108 Å². The van der Waals surface area contributed by atoms with E-state index in [0.29, 0.717) is 6.04 Å². The van der Waals surface area contributed by atoms with Crippen molar-refractivity contribution in [2.45, 2.75) is 64.2 Å². The number of thiazole rings is 1. The molecule has 0 radical (unpaired) electrons. The van der Waals surface area contributed by atoms with Crippen LogP contribution in [0.4, 0.5) is 0 Å². The fraction of sp³-hybridized carbons (Fsp3) is 0.769. The first-order valence-corrected chi connectivity index (χ1v) is 7.15. The highest BCUT2D eigenvalue weighted by Gasteiger charge is 2.37. The van der Waals surface area contributed by atoms with Crippen LogP contribution in [0.15, 0.2) is 11.6 Å². The topological polar surface area (TPSA) is 37.0 Å². The summed E-state index contributed by atoms with van der Waals surface area (Å²) in [4.78, 5) is 4.31. The van der Waals surface area contributed by atoms with E-state index < -0.39 is 0 Å². The van der Waals surface area contributed by atoms with Gasteiger partial charge in [-0.25, -0.2) is 4.98 Å². The minimum Gasteiger partial charge on any atom is -0.308 e. The summed E-state index contributed by atoms with van der Waals surface area (Å²) < 4.78 is 0. The third-order valence-electron chi connectivity index (χ3n) is 3.22. The number of hydrogen-bond donors (Lipinski definition) is 2. The molecular weight excluding hydrogens is 230 g/mol. The summed E-state index contributed by atoms with van der Waals surface area (Å²) in [6.07, 6.45) is 4.21. The summed E-state index contributed by atoms with van der Waals surface area (Å²) in [5.74, 6) is 0. The van der Waals surface area contributed by atoms with Crippen LogP contribution >= 0.6 is 11.3 Å². The van der Waals surface area contributed by atoms with Crippen molar-refractivity contribution in [1.29, 1.82) is 0 Å². The Hall–Kier alpha value is -0.450. The third-order valence-corrected chi connectivity index (χ3v) is 4.00. The Morgan fingerprint density at radius 2 is 2.00 bits per heavy atom. The van der Waals surface area contributed by atoms with E-state index in [2.05, 4.69) is 43.3 Å². The summed E-state index contributed by atoms with van der Waals surface area (Å²) in [5.41, 5.74) is 0.421. The zero-order valence-corrected chi connectivity index (χ0v) is 12.0.